The van der Waals surface area contributed by atoms with Gasteiger partial charge in [0.25, 0.3) is 0 Å². The third kappa shape index (κ3) is 2.87. The summed E-state index contributed by atoms with van der Waals surface area (Å²) in [5.74, 6) is 0.419. The minimum absolute atomic E-state index is 0.186. The van der Waals surface area contributed by atoms with E-state index in [1.807, 2.05) is 6.92 Å². The van der Waals surface area contributed by atoms with Crippen molar-refractivity contribution in [2.45, 2.75) is 43.7 Å². The SMILES string of the molecule is CCCN(C1CC1)S(=O)(=O)c1cnn(CCCl)c1. The molecule has 0 N–H and O–H groups in total. The van der Waals surface area contributed by atoms with Gasteiger partial charge in [0, 0.05) is 24.7 Å². The second-order valence-corrected chi connectivity index (χ2v) is 6.74. The quantitative estimate of drug-likeness (QED) is 0.718. The zero-order valence-electron chi connectivity index (χ0n) is 10.4. The highest BCUT2D eigenvalue weighted by molar-refractivity contribution is 7.89. The van der Waals surface area contributed by atoms with Crippen molar-refractivity contribution in [3.05, 3.63) is 12.4 Å². The van der Waals surface area contributed by atoms with E-state index >= 15 is 0 Å². The maximum atomic E-state index is 12.5. The number of aromatic nitrogens is 2. The Balaban J connectivity index is 2.21. The van der Waals surface area contributed by atoms with Gasteiger partial charge in [0.1, 0.15) is 4.90 Å². The molecule has 1 heterocycles. The van der Waals surface area contributed by atoms with Gasteiger partial charge >= 0.3 is 0 Å². The fourth-order valence-corrected chi connectivity index (χ4v) is 3.81. The lowest BCUT2D eigenvalue weighted by Crippen LogP contribution is -2.33. The Kier molecular flexibility index (Phi) is 4.29. The molecule has 0 aliphatic heterocycles. The predicted octanol–water partition coefficient (Wildman–Crippen LogP) is 1.68. The summed E-state index contributed by atoms with van der Waals surface area (Å²) in [6.07, 6.45) is 5.73. The standard InChI is InChI=1S/C11H18ClN3O2S/c1-2-6-15(10-3-4-10)18(16,17)11-8-13-14(9-11)7-5-12/h8-10H,2-7H2,1H3. The van der Waals surface area contributed by atoms with E-state index < -0.39 is 10.0 Å². The van der Waals surface area contributed by atoms with Crippen LogP contribution in [0.15, 0.2) is 17.3 Å². The summed E-state index contributed by atoms with van der Waals surface area (Å²) in [4.78, 5) is 0.271. The largest absolute Gasteiger partial charge is 0.270 e. The molecule has 0 amide bonds. The van der Waals surface area contributed by atoms with Gasteiger partial charge in [-0.15, -0.1) is 11.6 Å². The highest BCUT2D eigenvalue weighted by atomic mass is 35.5. The van der Waals surface area contributed by atoms with Crippen LogP contribution in [0.4, 0.5) is 0 Å². The molecule has 7 heteroatoms. The van der Waals surface area contributed by atoms with Crippen molar-refractivity contribution in [1.82, 2.24) is 14.1 Å². The molecule has 0 radical (unpaired) electrons. The first kappa shape index (κ1) is 13.8. The Labute approximate surface area is 113 Å². The van der Waals surface area contributed by atoms with Gasteiger partial charge in [-0.25, -0.2) is 8.42 Å². The van der Waals surface area contributed by atoms with E-state index in [2.05, 4.69) is 5.10 Å². The number of hydrogen-bond acceptors (Lipinski definition) is 3. The Hall–Kier alpha value is -0.590. The minimum atomic E-state index is -3.39. The summed E-state index contributed by atoms with van der Waals surface area (Å²) in [5, 5.41) is 4.02. The minimum Gasteiger partial charge on any atom is -0.270 e. The van der Waals surface area contributed by atoms with Crippen molar-refractivity contribution < 1.29 is 8.42 Å². The maximum absolute atomic E-state index is 12.5. The lowest BCUT2D eigenvalue weighted by atomic mass is 10.5. The van der Waals surface area contributed by atoms with Gasteiger partial charge in [-0.05, 0) is 19.3 Å². The molecule has 0 bridgehead atoms. The molecule has 18 heavy (non-hydrogen) atoms. The second kappa shape index (κ2) is 5.59. The first-order chi connectivity index (χ1) is 8.59. The van der Waals surface area contributed by atoms with Gasteiger partial charge in [-0.3, -0.25) is 4.68 Å². The first-order valence-corrected chi connectivity index (χ1v) is 8.17. The average molecular weight is 292 g/mol. The van der Waals surface area contributed by atoms with E-state index in [-0.39, 0.29) is 10.9 Å². The fourth-order valence-electron chi connectivity index (χ4n) is 1.90. The van der Waals surface area contributed by atoms with Crippen LogP contribution in [-0.2, 0) is 16.6 Å². The first-order valence-electron chi connectivity index (χ1n) is 6.20. The van der Waals surface area contributed by atoms with Crippen molar-refractivity contribution in [3.8, 4) is 0 Å². The summed E-state index contributed by atoms with van der Waals surface area (Å²) in [5.41, 5.74) is 0. The molecule has 1 aliphatic carbocycles. The zero-order valence-corrected chi connectivity index (χ0v) is 12.0. The topological polar surface area (TPSA) is 55.2 Å². The number of alkyl halides is 1. The van der Waals surface area contributed by atoms with Crippen LogP contribution < -0.4 is 0 Å². The molecule has 102 valence electrons. The molecular weight excluding hydrogens is 274 g/mol. The van der Waals surface area contributed by atoms with Crippen LogP contribution in [0.3, 0.4) is 0 Å². The van der Waals surface area contributed by atoms with E-state index in [4.69, 9.17) is 11.6 Å². The van der Waals surface area contributed by atoms with Crippen molar-refractivity contribution >= 4 is 21.6 Å². The second-order valence-electron chi connectivity index (χ2n) is 4.48. The van der Waals surface area contributed by atoms with Crippen LogP contribution >= 0.6 is 11.6 Å². The van der Waals surface area contributed by atoms with E-state index in [1.54, 1.807) is 15.2 Å². The maximum Gasteiger partial charge on any atom is 0.246 e. The average Bonchev–Trinajstić information content (AvgIpc) is 3.05. The zero-order chi connectivity index (χ0) is 13.2. The van der Waals surface area contributed by atoms with E-state index in [0.717, 1.165) is 19.3 Å². The van der Waals surface area contributed by atoms with Gasteiger partial charge < -0.3 is 0 Å². The van der Waals surface area contributed by atoms with Crippen LogP contribution in [0.25, 0.3) is 0 Å². The molecule has 0 spiro atoms. The molecule has 1 aromatic rings. The van der Waals surface area contributed by atoms with Crippen molar-refractivity contribution in [1.29, 1.82) is 0 Å². The van der Waals surface area contributed by atoms with Crippen LogP contribution in [0.1, 0.15) is 26.2 Å². The monoisotopic (exact) mass is 291 g/mol. The number of halogens is 1. The Bertz CT molecular complexity index is 496. The van der Waals surface area contributed by atoms with Crippen molar-refractivity contribution in [2.24, 2.45) is 0 Å². The van der Waals surface area contributed by atoms with E-state index in [1.165, 1.54) is 6.20 Å². The molecular formula is C11H18ClN3O2S. The highest BCUT2D eigenvalue weighted by Gasteiger charge is 2.37. The Morgan fingerprint density at radius 3 is 2.83 bits per heavy atom. The number of nitrogens with zero attached hydrogens (tertiary/aromatic N) is 3. The molecule has 0 saturated heterocycles. The Morgan fingerprint density at radius 1 is 1.56 bits per heavy atom. The molecule has 1 saturated carbocycles. The molecule has 0 unspecified atom stereocenters. The number of rotatable bonds is 7. The van der Waals surface area contributed by atoms with Gasteiger partial charge in [0.15, 0.2) is 0 Å². The Morgan fingerprint density at radius 2 is 2.28 bits per heavy atom. The smallest absolute Gasteiger partial charge is 0.246 e. The van der Waals surface area contributed by atoms with Gasteiger partial charge in [0.05, 0.1) is 12.7 Å². The van der Waals surface area contributed by atoms with Gasteiger partial charge in [-0.1, -0.05) is 6.92 Å². The highest BCUT2D eigenvalue weighted by Crippen LogP contribution is 2.31. The third-order valence-corrected chi connectivity index (χ3v) is 5.00. The van der Waals surface area contributed by atoms with Crippen LogP contribution in [0.2, 0.25) is 0 Å². The lowest BCUT2D eigenvalue weighted by Gasteiger charge is -2.19. The van der Waals surface area contributed by atoms with Gasteiger partial charge in [-0.2, -0.15) is 9.40 Å². The normalized spacial score (nSPS) is 16.4. The molecule has 2 rings (SSSR count). The van der Waals surface area contributed by atoms with Gasteiger partial charge in [0.2, 0.25) is 10.0 Å². The molecule has 1 fully saturated rings. The molecule has 0 atom stereocenters. The van der Waals surface area contributed by atoms with E-state index in [0.29, 0.717) is 19.0 Å². The van der Waals surface area contributed by atoms with E-state index in [9.17, 15) is 8.42 Å². The third-order valence-electron chi connectivity index (χ3n) is 2.93. The predicted molar refractivity (Wildman–Crippen MR) is 70.2 cm³/mol. The number of sulfonamides is 1. The number of hydrogen-bond donors (Lipinski definition) is 0. The molecule has 5 nitrogen and oxygen atoms in total. The summed E-state index contributed by atoms with van der Waals surface area (Å²) in [6.45, 7) is 3.09. The molecule has 0 aromatic carbocycles. The van der Waals surface area contributed by atoms with Crippen LogP contribution in [0, 0.1) is 0 Å². The summed E-state index contributed by atoms with van der Waals surface area (Å²) in [7, 11) is -3.39. The molecule has 1 aliphatic rings. The molecule has 1 aromatic heterocycles. The van der Waals surface area contributed by atoms with Crippen LogP contribution in [0.5, 0.6) is 0 Å². The lowest BCUT2D eigenvalue weighted by molar-refractivity contribution is 0.403. The van der Waals surface area contributed by atoms with Crippen LogP contribution in [-0.4, -0.2) is 41.0 Å². The summed E-state index contributed by atoms with van der Waals surface area (Å²) < 4.78 is 28.1. The number of aryl methyl sites for hydroxylation is 1. The fraction of sp³-hybridized carbons (Fsp3) is 0.727. The van der Waals surface area contributed by atoms with Crippen molar-refractivity contribution in [2.75, 3.05) is 12.4 Å². The summed E-state index contributed by atoms with van der Waals surface area (Å²) >= 11 is 5.61. The summed E-state index contributed by atoms with van der Waals surface area (Å²) in [6, 6.07) is 0.186. The van der Waals surface area contributed by atoms with Crippen molar-refractivity contribution in [3.63, 3.8) is 0 Å².